The van der Waals surface area contributed by atoms with Gasteiger partial charge in [-0.05, 0) is 55.3 Å². The maximum Gasteiger partial charge on any atom is -0.0266 e. The Morgan fingerprint density at radius 1 is 1.07 bits per heavy atom. The summed E-state index contributed by atoms with van der Waals surface area (Å²) in [6.07, 6.45) is 15.6. The highest BCUT2D eigenvalue weighted by molar-refractivity contribution is 5.00. The van der Waals surface area contributed by atoms with E-state index in [9.17, 15) is 0 Å². The lowest BCUT2D eigenvalue weighted by atomic mass is 9.68. The summed E-state index contributed by atoms with van der Waals surface area (Å²) < 4.78 is 0. The molecule has 0 heterocycles. The molecule has 3 saturated carbocycles. The lowest BCUT2D eigenvalue weighted by Crippen LogP contribution is -2.27. The van der Waals surface area contributed by atoms with Gasteiger partial charge >= 0.3 is 0 Å². The highest BCUT2D eigenvalue weighted by atomic mass is 14.5. The smallest absolute Gasteiger partial charge is 0.0266 e. The minimum atomic E-state index is 0.826. The Bertz CT molecular complexity index is 226. The van der Waals surface area contributed by atoms with E-state index in [-0.39, 0.29) is 0 Å². The third-order valence-corrected chi connectivity index (χ3v) is 5.90. The summed E-state index contributed by atoms with van der Waals surface area (Å²) in [6, 6.07) is 0. The third kappa shape index (κ3) is 1.74. The minimum absolute atomic E-state index is 0.826. The van der Waals surface area contributed by atoms with Crippen LogP contribution >= 0.6 is 0 Å². The zero-order chi connectivity index (χ0) is 10.3. The fourth-order valence-corrected chi connectivity index (χ4v) is 5.02. The minimum Gasteiger partial charge on any atom is -0.0620 e. The predicted molar refractivity (Wildman–Crippen MR) is 64.7 cm³/mol. The number of rotatable bonds is 2. The zero-order valence-corrected chi connectivity index (χ0v) is 10.3. The maximum atomic E-state index is 2.54. The molecule has 0 amide bonds. The van der Waals surface area contributed by atoms with E-state index in [0.29, 0.717) is 0 Å². The van der Waals surface area contributed by atoms with Crippen LogP contribution in [0.2, 0.25) is 0 Å². The third-order valence-electron chi connectivity index (χ3n) is 5.90. The van der Waals surface area contributed by atoms with Crippen LogP contribution in [-0.2, 0) is 0 Å². The lowest BCUT2D eigenvalue weighted by molar-refractivity contribution is 0.134. The summed E-state index contributed by atoms with van der Waals surface area (Å²) in [5.74, 6) is 3.29. The van der Waals surface area contributed by atoms with E-state index in [2.05, 4.69) is 6.92 Å². The Balaban J connectivity index is 1.65. The molecule has 3 unspecified atom stereocenters. The second-order valence-electron chi connectivity index (χ2n) is 6.82. The monoisotopic (exact) mass is 206 g/mol. The quantitative estimate of drug-likeness (QED) is 0.610. The largest absolute Gasteiger partial charge is 0.0620 e. The summed E-state index contributed by atoms with van der Waals surface area (Å²) in [5, 5.41) is 0. The van der Waals surface area contributed by atoms with Crippen molar-refractivity contribution in [1.82, 2.24) is 0 Å². The average molecular weight is 206 g/mol. The Morgan fingerprint density at radius 2 is 1.87 bits per heavy atom. The van der Waals surface area contributed by atoms with Crippen LogP contribution in [0.4, 0.5) is 0 Å². The van der Waals surface area contributed by atoms with E-state index < -0.39 is 0 Å². The van der Waals surface area contributed by atoms with E-state index in [1.807, 2.05) is 0 Å². The lowest BCUT2D eigenvalue weighted by Gasteiger charge is -2.37. The molecule has 0 saturated heterocycles. The number of hydrogen-bond acceptors (Lipinski definition) is 0. The summed E-state index contributed by atoms with van der Waals surface area (Å²) >= 11 is 0. The summed E-state index contributed by atoms with van der Waals surface area (Å²) in [6.45, 7) is 2.54. The van der Waals surface area contributed by atoms with Crippen molar-refractivity contribution in [3.05, 3.63) is 0 Å². The molecule has 0 aromatic carbocycles. The molecule has 3 fully saturated rings. The van der Waals surface area contributed by atoms with Gasteiger partial charge < -0.3 is 0 Å². The fourth-order valence-electron chi connectivity index (χ4n) is 5.02. The molecule has 2 bridgehead atoms. The van der Waals surface area contributed by atoms with Gasteiger partial charge in [0.2, 0.25) is 0 Å². The van der Waals surface area contributed by atoms with Crippen molar-refractivity contribution in [2.24, 2.45) is 23.2 Å². The van der Waals surface area contributed by atoms with Crippen LogP contribution in [0, 0.1) is 23.2 Å². The van der Waals surface area contributed by atoms with Crippen molar-refractivity contribution in [2.45, 2.75) is 71.1 Å². The SMILES string of the molecule is CC1CC2CCC1(CC1CCCCC1)C2. The Labute approximate surface area is 94.8 Å². The maximum absolute atomic E-state index is 2.54. The molecule has 15 heavy (non-hydrogen) atoms. The van der Waals surface area contributed by atoms with Crippen LogP contribution in [0.25, 0.3) is 0 Å². The van der Waals surface area contributed by atoms with E-state index in [1.54, 1.807) is 44.9 Å². The number of fused-ring (bicyclic) bond motifs is 2. The van der Waals surface area contributed by atoms with Crippen molar-refractivity contribution in [1.29, 1.82) is 0 Å². The molecule has 0 aromatic rings. The van der Waals surface area contributed by atoms with Gasteiger partial charge in [0.05, 0.1) is 0 Å². The molecule has 3 aliphatic carbocycles. The first-order chi connectivity index (χ1) is 7.28. The van der Waals surface area contributed by atoms with E-state index >= 15 is 0 Å². The fraction of sp³-hybridized carbons (Fsp3) is 1.00. The normalized spacial score (nSPS) is 46.2. The van der Waals surface area contributed by atoms with Gasteiger partial charge in [0.25, 0.3) is 0 Å². The van der Waals surface area contributed by atoms with Gasteiger partial charge in [-0.1, -0.05) is 39.0 Å². The van der Waals surface area contributed by atoms with Crippen LogP contribution in [0.5, 0.6) is 0 Å². The second-order valence-corrected chi connectivity index (χ2v) is 6.82. The molecule has 0 spiro atoms. The van der Waals surface area contributed by atoms with Crippen molar-refractivity contribution < 1.29 is 0 Å². The molecule has 0 heteroatoms. The molecule has 0 radical (unpaired) electrons. The highest BCUT2D eigenvalue weighted by Gasteiger charge is 2.50. The van der Waals surface area contributed by atoms with Crippen LogP contribution < -0.4 is 0 Å². The summed E-state index contributed by atoms with van der Waals surface area (Å²) in [5.41, 5.74) is 0.826. The highest BCUT2D eigenvalue weighted by Crippen LogP contribution is 2.61. The first-order valence-electron chi connectivity index (χ1n) is 7.28. The average Bonchev–Trinajstić information content (AvgIpc) is 2.76. The van der Waals surface area contributed by atoms with E-state index in [1.165, 1.54) is 19.3 Å². The Morgan fingerprint density at radius 3 is 2.47 bits per heavy atom. The van der Waals surface area contributed by atoms with Crippen molar-refractivity contribution >= 4 is 0 Å². The predicted octanol–water partition coefficient (Wildman–Crippen LogP) is 4.78. The Kier molecular flexibility index (Phi) is 2.57. The van der Waals surface area contributed by atoms with Gasteiger partial charge in [-0.25, -0.2) is 0 Å². The van der Waals surface area contributed by atoms with E-state index in [4.69, 9.17) is 0 Å². The molecule has 86 valence electrons. The first-order valence-corrected chi connectivity index (χ1v) is 7.28. The van der Waals surface area contributed by atoms with Crippen molar-refractivity contribution in [3.63, 3.8) is 0 Å². The molecule has 0 N–H and O–H groups in total. The number of hydrogen-bond donors (Lipinski definition) is 0. The molecular weight excluding hydrogens is 180 g/mol. The zero-order valence-electron chi connectivity index (χ0n) is 10.3. The standard InChI is InChI=1S/C15H26/c1-12-9-14-7-8-15(12,11-14)10-13-5-3-2-4-6-13/h12-14H,2-11H2,1H3. The topological polar surface area (TPSA) is 0 Å². The second kappa shape index (κ2) is 3.79. The first kappa shape index (κ1) is 10.2. The van der Waals surface area contributed by atoms with Crippen LogP contribution in [0.15, 0.2) is 0 Å². The van der Waals surface area contributed by atoms with Crippen LogP contribution in [0.1, 0.15) is 71.1 Å². The van der Waals surface area contributed by atoms with Crippen LogP contribution in [0.3, 0.4) is 0 Å². The van der Waals surface area contributed by atoms with Gasteiger partial charge in [0, 0.05) is 0 Å². The van der Waals surface area contributed by atoms with Gasteiger partial charge in [-0.3, -0.25) is 0 Å². The van der Waals surface area contributed by atoms with Crippen molar-refractivity contribution in [3.8, 4) is 0 Å². The van der Waals surface area contributed by atoms with Gasteiger partial charge in [0.1, 0.15) is 0 Å². The van der Waals surface area contributed by atoms with E-state index in [0.717, 1.165) is 23.2 Å². The van der Waals surface area contributed by atoms with Crippen molar-refractivity contribution in [2.75, 3.05) is 0 Å². The molecule has 0 nitrogen and oxygen atoms in total. The molecule has 0 aliphatic heterocycles. The molecule has 3 aliphatic rings. The van der Waals surface area contributed by atoms with Gasteiger partial charge in [-0.2, -0.15) is 0 Å². The van der Waals surface area contributed by atoms with Crippen LogP contribution in [-0.4, -0.2) is 0 Å². The molecular formula is C15H26. The van der Waals surface area contributed by atoms with Gasteiger partial charge in [-0.15, -0.1) is 0 Å². The summed E-state index contributed by atoms with van der Waals surface area (Å²) in [4.78, 5) is 0. The molecule has 3 rings (SSSR count). The molecule has 3 atom stereocenters. The van der Waals surface area contributed by atoms with Gasteiger partial charge in [0.15, 0.2) is 0 Å². The Hall–Kier alpha value is 0. The summed E-state index contributed by atoms with van der Waals surface area (Å²) in [7, 11) is 0. The molecule has 0 aromatic heterocycles.